The lowest BCUT2D eigenvalue weighted by Crippen LogP contribution is -2.24. The Labute approximate surface area is 191 Å². The average molecular weight is 444 g/mol. The molecule has 0 saturated carbocycles. The Bertz CT molecular complexity index is 1320. The van der Waals surface area contributed by atoms with Crippen molar-refractivity contribution in [3.05, 3.63) is 78.0 Å². The van der Waals surface area contributed by atoms with Crippen molar-refractivity contribution in [2.75, 3.05) is 19.1 Å². The van der Waals surface area contributed by atoms with Gasteiger partial charge >= 0.3 is 6.09 Å². The first kappa shape index (κ1) is 22.0. The molecule has 7 nitrogen and oxygen atoms in total. The number of para-hydroxylation sites is 1. The third-order valence-corrected chi connectivity index (χ3v) is 5.37. The number of fused-ring (bicyclic) bond motifs is 1. The Kier molecular flexibility index (Phi) is 6.04. The first-order valence-corrected chi connectivity index (χ1v) is 10.3. The zero-order valence-electron chi connectivity index (χ0n) is 18.8. The highest BCUT2D eigenvalue weighted by atomic mass is 16.5. The molecule has 0 fully saturated rings. The lowest BCUT2D eigenvalue weighted by Gasteiger charge is -2.23. The monoisotopic (exact) mass is 444 g/mol. The van der Waals surface area contributed by atoms with Gasteiger partial charge in [-0.1, -0.05) is 18.2 Å². The van der Waals surface area contributed by atoms with Gasteiger partial charge in [-0.3, -0.25) is 4.98 Å². The van der Waals surface area contributed by atoms with E-state index in [9.17, 15) is 9.90 Å². The molecule has 1 heterocycles. The normalized spacial score (nSPS) is 10.7. The molecule has 4 aromatic rings. The van der Waals surface area contributed by atoms with Crippen LogP contribution in [0.4, 0.5) is 16.2 Å². The van der Waals surface area contributed by atoms with Crippen molar-refractivity contribution in [1.82, 2.24) is 4.98 Å². The van der Waals surface area contributed by atoms with Gasteiger partial charge in [-0.25, -0.2) is 9.69 Å². The largest absolute Gasteiger partial charge is 0.493 e. The maximum atomic E-state index is 12.1. The molecule has 0 atom stereocenters. The second-order valence-corrected chi connectivity index (χ2v) is 7.49. The molecule has 0 bridgehead atoms. The van der Waals surface area contributed by atoms with E-state index in [2.05, 4.69) is 4.98 Å². The van der Waals surface area contributed by atoms with Gasteiger partial charge in [0.2, 0.25) is 0 Å². The Morgan fingerprint density at radius 3 is 2.21 bits per heavy atom. The number of rotatable bonds is 6. The van der Waals surface area contributed by atoms with Crippen LogP contribution in [-0.4, -0.2) is 30.4 Å². The van der Waals surface area contributed by atoms with Crippen LogP contribution in [0.1, 0.15) is 11.1 Å². The quantitative estimate of drug-likeness (QED) is 0.367. The Balaban J connectivity index is 1.75. The van der Waals surface area contributed by atoms with E-state index < -0.39 is 6.09 Å². The molecule has 0 aliphatic carbocycles. The van der Waals surface area contributed by atoms with Crippen molar-refractivity contribution in [3.63, 3.8) is 0 Å². The third kappa shape index (κ3) is 4.25. The summed E-state index contributed by atoms with van der Waals surface area (Å²) in [5.74, 6) is 2.39. The first-order chi connectivity index (χ1) is 15.9. The molecule has 0 unspecified atom stereocenters. The third-order valence-electron chi connectivity index (χ3n) is 5.37. The summed E-state index contributed by atoms with van der Waals surface area (Å²) in [6.07, 6.45) is 0.611. The number of amides is 1. The maximum absolute atomic E-state index is 12.1. The Morgan fingerprint density at radius 2 is 1.55 bits per heavy atom. The van der Waals surface area contributed by atoms with Crippen molar-refractivity contribution >= 4 is 28.4 Å². The van der Waals surface area contributed by atoms with E-state index in [1.165, 1.54) is 4.90 Å². The lowest BCUT2D eigenvalue weighted by molar-refractivity contribution is 0.204. The molecule has 33 heavy (non-hydrogen) atoms. The number of carbonyl (C=O) groups is 1. The van der Waals surface area contributed by atoms with Gasteiger partial charge in [-0.2, -0.15) is 0 Å². The Morgan fingerprint density at radius 1 is 0.848 bits per heavy atom. The van der Waals surface area contributed by atoms with Crippen LogP contribution < -0.4 is 19.1 Å². The van der Waals surface area contributed by atoms with Crippen LogP contribution >= 0.6 is 0 Å². The number of hydrogen-bond acceptors (Lipinski definition) is 5. The second kappa shape index (κ2) is 9.08. The van der Waals surface area contributed by atoms with Gasteiger partial charge < -0.3 is 19.3 Å². The van der Waals surface area contributed by atoms with E-state index in [-0.39, 0.29) is 0 Å². The van der Waals surface area contributed by atoms with Crippen molar-refractivity contribution in [2.24, 2.45) is 0 Å². The number of methoxy groups -OCH3 is 2. The SMILES string of the molecule is COc1cc2nccc(Oc3cc(C)c(N(C(=O)O)c4ccccc4)cc3C)c2cc1OC. The smallest absolute Gasteiger partial charge is 0.416 e. The summed E-state index contributed by atoms with van der Waals surface area (Å²) in [6.45, 7) is 3.75. The zero-order valence-corrected chi connectivity index (χ0v) is 18.8. The number of hydrogen-bond donors (Lipinski definition) is 1. The van der Waals surface area contributed by atoms with Gasteiger partial charge in [-0.05, 0) is 61.4 Å². The standard InChI is InChI=1S/C26H24N2O5/c1-16-13-23(17(2)12-21(16)28(26(29)30)18-8-6-5-7-9-18)33-22-10-11-27-20-15-25(32-4)24(31-3)14-19(20)22/h5-15H,1-4H3,(H,29,30). The lowest BCUT2D eigenvalue weighted by atomic mass is 10.1. The number of aromatic nitrogens is 1. The van der Waals surface area contributed by atoms with E-state index >= 15 is 0 Å². The van der Waals surface area contributed by atoms with Crippen LogP contribution in [-0.2, 0) is 0 Å². The first-order valence-electron chi connectivity index (χ1n) is 10.3. The zero-order chi connectivity index (χ0) is 23.5. The molecular weight excluding hydrogens is 420 g/mol. The molecule has 1 amide bonds. The number of carboxylic acid groups (broad SMARTS) is 1. The molecule has 168 valence electrons. The average Bonchev–Trinajstić information content (AvgIpc) is 2.82. The summed E-state index contributed by atoms with van der Waals surface area (Å²) in [4.78, 5) is 17.7. The predicted molar refractivity (Wildman–Crippen MR) is 127 cm³/mol. The van der Waals surface area contributed by atoms with Gasteiger partial charge in [0.15, 0.2) is 11.5 Å². The van der Waals surface area contributed by atoms with Crippen molar-refractivity contribution in [1.29, 1.82) is 0 Å². The molecule has 0 aliphatic rings. The minimum absolute atomic E-state index is 0.572. The summed E-state index contributed by atoms with van der Waals surface area (Å²) in [5.41, 5.74) is 3.41. The highest BCUT2D eigenvalue weighted by molar-refractivity contribution is 5.96. The fourth-order valence-electron chi connectivity index (χ4n) is 3.71. The van der Waals surface area contributed by atoms with Gasteiger partial charge in [0.25, 0.3) is 0 Å². The van der Waals surface area contributed by atoms with Crippen molar-refractivity contribution in [2.45, 2.75) is 13.8 Å². The van der Waals surface area contributed by atoms with Crippen LogP contribution in [0.15, 0.2) is 66.9 Å². The molecule has 1 aromatic heterocycles. The fourth-order valence-corrected chi connectivity index (χ4v) is 3.71. The van der Waals surface area contributed by atoms with Crippen molar-refractivity contribution in [3.8, 4) is 23.0 Å². The van der Waals surface area contributed by atoms with Crippen molar-refractivity contribution < 1.29 is 24.1 Å². The minimum Gasteiger partial charge on any atom is -0.493 e. The molecule has 4 rings (SSSR count). The summed E-state index contributed by atoms with van der Waals surface area (Å²) < 4.78 is 17.1. The second-order valence-electron chi connectivity index (χ2n) is 7.49. The number of pyridine rings is 1. The van der Waals surface area contributed by atoms with Gasteiger partial charge in [0.05, 0.1) is 31.1 Å². The molecular formula is C26H24N2O5. The molecule has 0 spiro atoms. The van der Waals surface area contributed by atoms with E-state index in [4.69, 9.17) is 14.2 Å². The van der Waals surface area contributed by atoms with E-state index in [0.717, 1.165) is 16.5 Å². The summed E-state index contributed by atoms with van der Waals surface area (Å²) in [6, 6.07) is 18.1. The predicted octanol–water partition coefficient (Wildman–Crippen LogP) is 6.48. The van der Waals surface area contributed by atoms with Gasteiger partial charge in [0.1, 0.15) is 11.5 Å². The van der Waals surface area contributed by atoms with E-state index in [1.807, 2.05) is 50.2 Å². The summed E-state index contributed by atoms with van der Waals surface area (Å²) in [5, 5.41) is 10.6. The van der Waals surface area contributed by atoms with Crippen LogP contribution in [0.2, 0.25) is 0 Å². The topological polar surface area (TPSA) is 81.1 Å². The van der Waals surface area contributed by atoms with Gasteiger partial charge in [0, 0.05) is 17.6 Å². The highest BCUT2D eigenvalue weighted by Gasteiger charge is 2.21. The molecule has 1 N–H and O–H groups in total. The van der Waals surface area contributed by atoms with Crippen LogP contribution in [0, 0.1) is 13.8 Å². The van der Waals surface area contributed by atoms with E-state index in [0.29, 0.717) is 39.9 Å². The number of anilines is 2. The van der Waals surface area contributed by atoms with Crippen LogP contribution in [0.25, 0.3) is 10.9 Å². The van der Waals surface area contributed by atoms with Crippen LogP contribution in [0.3, 0.4) is 0 Å². The molecule has 3 aromatic carbocycles. The molecule has 7 heteroatoms. The molecule has 0 saturated heterocycles. The highest BCUT2D eigenvalue weighted by Crippen LogP contribution is 2.39. The number of benzene rings is 3. The summed E-state index contributed by atoms with van der Waals surface area (Å²) >= 11 is 0. The number of ether oxygens (including phenoxy) is 3. The Hall–Kier alpha value is -4.26. The number of nitrogens with zero attached hydrogens (tertiary/aromatic N) is 2. The molecule has 0 aliphatic heterocycles. The molecule has 0 radical (unpaired) electrons. The fraction of sp³-hybridized carbons (Fsp3) is 0.154. The van der Waals surface area contributed by atoms with Gasteiger partial charge in [-0.15, -0.1) is 0 Å². The minimum atomic E-state index is -1.06. The van der Waals surface area contributed by atoms with E-state index in [1.54, 1.807) is 44.7 Å². The number of aryl methyl sites for hydroxylation is 2. The van der Waals surface area contributed by atoms with Crippen LogP contribution in [0.5, 0.6) is 23.0 Å². The maximum Gasteiger partial charge on any atom is 0.416 e. The summed E-state index contributed by atoms with van der Waals surface area (Å²) in [7, 11) is 3.15.